The number of carbonyl (C=O) groups is 1. The number of methoxy groups -OCH3 is 1. The number of pyridine rings is 1. The van der Waals surface area contributed by atoms with E-state index < -0.39 is 5.91 Å². The monoisotopic (exact) mass is 201 g/mol. The van der Waals surface area contributed by atoms with Crippen LogP contribution in [0.4, 0.5) is 0 Å². The Labute approximate surface area is 86.7 Å². The van der Waals surface area contributed by atoms with Crippen molar-refractivity contribution in [3.63, 3.8) is 0 Å². The van der Waals surface area contributed by atoms with Gasteiger partial charge in [0.05, 0.1) is 12.6 Å². The number of nitrogens with two attached hydrogens (primary N) is 1. The van der Waals surface area contributed by atoms with Crippen LogP contribution in [0.2, 0.25) is 0 Å². The zero-order chi connectivity index (χ0) is 10.8. The molecule has 2 N–H and O–H groups in total. The summed E-state index contributed by atoms with van der Waals surface area (Å²) < 4.78 is 5.06. The Hall–Kier alpha value is -2.10. The highest BCUT2D eigenvalue weighted by Crippen LogP contribution is 2.18. The lowest BCUT2D eigenvalue weighted by Gasteiger charge is -2.02. The second-order valence-electron chi connectivity index (χ2n) is 3.03. The fourth-order valence-electron chi connectivity index (χ4n) is 1.29. The predicted molar refractivity (Wildman–Crippen MR) is 55.6 cm³/mol. The Morgan fingerprint density at radius 2 is 2.33 bits per heavy atom. The van der Waals surface area contributed by atoms with Crippen molar-refractivity contribution < 1.29 is 9.53 Å². The minimum atomic E-state index is -0.552. The van der Waals surface area contributed by atoms with Crippen LogP contribution in [-0.2, 0) is 0 Å². The molecule has 4 nitrogen and oxygen atoms in total. The molecule has 0 saturated heterocycles. The number of hydrogen-bond acceptors (Lipinski definition) is 3. The second-order valence-corrected chi connectivity index (χ2v) is 3.03. The third-order valence-electron chi connectivity index (χ3n) is 2.06. The average Bonchev–Trinajstić information content (AvgIpc) is 2.27. The van der Waals surface area contributed by atoms with Gasteiger partial charge in [0.1, 0.15) is 11.4 Å². The van der Waals surface area contributed by atoms with E-state index >= 15 is 0 Å². The first kappa shape index (κ1) is 9.45. The van der Waals surface area contributed by atoms with Crippen LogP contribution in [0.1, 0.15) is 10.5 Å². The number of hydrogen-bond donors (Lipinski definition) is 1. The van der Waals surface area contributed by atoms with Gasteiger partial charge in [0, 0.05) is 5.39 Å². The van der Waals surface area contributed by atoms with E-state index in [9.17, 15) is 4.79 Å². The van der Waals surface area contributed by atoms with Gasteiger partial charge in [0.25, 0.3) is 5.91 Å². The molecule has 1 heterocycles. The van der Waals surface area contributed by atoms with Crippen molar-refractivity contribution >= 4 is 16.8 Å². The lowest BCUT2D eigenvalue weighted by atomic mass is 10.2. The van der Waals surface area contributed by atoms with Gasteiger partial charge in [-0.25, -0.2) is 4.98 Å². The van der Waals surface area contributed by atoms with Gasteiger partial charge in [-0.1, -0.05) is 0 Å². The number of amides is 1. The van der Waals surface area contributed by atoms with Crippen LogP contribution >= 0.6 is 0 Å². The first-order valence-corrected chi connectivity index (χ1v) is 4.37. The Balaban J connectivity index is 2.59. The Kier molecular flexibility index (Phi) is 2.25. The van der Waals surface area contributed by atoms with Gasteiger partial charge in [-0.05, 0) is 30.3 Å². The largest absolute Gasteiger partial charge is 0.497 e. The van der Waals surface area contributed by atoms with Gasteiger partial charge in [0.2, 0.25) is 0 Å². The molecule has 0 aliphatic carbocycles. The summed E-state index contributed by atoms with van der Waals surface area (Å²) in [4.78, 5) is 15.0. The molecule has 75 valence electrons. The van der Waals surface area contributed by atoms with Crippen LogP contribution in [0.15, 0.2) is 24.3 Å². The molecular weight excluding hydrogens is 192 g/mol. The smallest absolute Gasteiger partial charge is 0.267 e. The molecule has 0 saturated carbocycles. The summed E-state index contributed by atoms with van der Waals surface area (Å²) in [7, 11) is 1.59. The van der Waals surface area contributed by atoms with E-state index in [4.69, 9.17) is 10.5 Å². The molecule has 0 atom stereocenters. The quantitative estimate of drug-likeness (QED) is 0.792. The summed E-state index contributed by atoms with van der Waals surface area (Å²) in [6.07, 6.45) is 0. The molecule has 0 spiro atoms. The van der Waals surface area contributed by atoms with Gasteiger partial charge in [0.15, 0.2) is 0 Å². The summed E-state index contributed by atoms with van der Waals surface area (Å²) in [5.41, 5.74) is 6.00. The SMILES string of the molecule is COc1ccc2nc(C(N)=O)c[c]c2c1. The van der Waals surface area contributed by atoms with Gasteiger partial charge < -0.3 is 10.5 Å². The van der Waals surface area contributed by atoms with E-state index in [2.05, 4.69) is 11.1 Å². The van der Waals surface area contributed by atoms with Crippen molar-refractivity contribution in [2.75, 3.05) is 7.11 Å². The molecule has 0 unspecified atom stereocenters. The molecule has 4 heteroatoms. The summed E-state index contributed by atoms with van der Waals surface area (Å²) in [5, 5.41) is 0.791. The number of ether oxygens (including phenoxy) is 1. The van der Waals surface area contributed by atoms with E-state index in [1.807, 2.05) is 0 Å². The zero-order valence-electron chi connectivity index (χ0n) is 8.15. The number of rotatable bonds is 2. The highest BCUT2D eigenvalue weighted by Gasteiger charge is 2.04. The second kappa shape index (κ2) is 3.57. The van der Waals surface area contributed by atoms with Gasteiger partial charge >= 0.3 is 0 Å². The highest BCUT2D eigenvalue weighted by atomic mass is 16.5. The minimum Gasteiger partial charge on any atom is -0.497 e. The summed E-state index contributed by atoms with van der Waals surface area (Å²) in [5.74, 6) is 0.177. The minimum absolute atomic E-state index is 0.215. The van der Waals surface area contributed by atoms with E-state index in [0.717, 1.165) is 11.1 Å². The molecule has 1 aromatic heterocycles. The van der Waals surface area contributed by atoms with E-state index in [-0.39, 0.29) is 5.69 Å². The molecular formula is C11H9N2O2. The van der Waals surface area contributed by atoms with Crippen molar-refractivity contribution in [1.29, 1.82) is 0 Å². The van der Waals surface area contributed by atoms with Gasteiger partial charge in [-0.15, -0.1) is 0 Å². The van der Waals surface area contributed by atoms with E-state index in [1.165, 1.54) is 6.07 Å². The molecule has 2 aromatic rings. The van der Waals surface area contributed by atoms with Crippen LogP contribution in [-0.4, -0.2) is 18.0 Å². The maximum atomic E-state index is 10.9. The molecule has 0 aliphatic rings. The van der Waals surface area contributed by atoms with Crippen LogP contribution in [0.5, 0.6) is 5.75 Å². The standard InChI is InChI=1S/C11H9N2O2/c1-15-8-3-5-9-7(6-8)2-4-10(13-9)11(12)14/h3-6H,1H3,(H2,12,14). The zero-order valence-corrected chi connectivity index (χ0v) is 8.15. The van der Waals surface area contributed by atoms with Crippen LogP contribution < -0.4 is 10.5 Å². The Morgan fingerprint density at radius 3 is 3.00 bits per heavy atom. The lowest BCUT2D eigenvalue weighted by molar-refractivity contribution is 0.0996. The first-order valence-electron chi connectivity index (χ1n) is 4.37. The number of fused-ring (bicyclic) bond motifs is 1. The molecule has 0 bridgehead atoms. The third-order valence-corrected chi connectivity index (χ3v) is 2.06. The fourth-order valence-corrected chi connectivity index (χ4v) is 1.29. The first-order chi connectivity index (χ1) is 7.20. The number of aromatic nitrogens is 1. The molecule has 15 heavy (non-hydrogen) atoms. The summed E-state index contributed by atoms with van der Waals surface area (Å²) in [6.45, 7) is 0. The van der Waals surface area contributed by atoms with Crippen LogP contribution in [0.3, 0.4) is 0 Å². The van der Waals surface area contributed by atoms with Crippen molar-refractivity contribution in [1.82, 2.24) is 4.98 Å². The Bertz CT molecular complexity index is 523. The molecule has 2 rings (SSSR count). The molecule has 1 radical (unpaired) electrons. The van der Waals surface area contributed by atoms with Crippen molar-refractivity contribution in [3.8, 4) is 5.75 Å². The lowest BCUT2D eigenvalue weighted by Crippen LogP contribution is -2.12. The number of primary amides is 1. The number of carbonyl (C=O) groups excluding carboxylic acids is 1. The maximum absolute atomic E-state index is 10.9. The van der Waals surface area contributed by atoms with Crippen LogP contribution in [0, 0.1) is 6.07 Å². The van der Waals surface area contributed by atoms with E-state index in [1.54, 1.807) is 25.3 Å². The van der Waals surface area contributed by atoms with Gasteiger partial charge in [-0.3, -0.25) is 4.79 Å². The Morgan fingerprint density at radius 1 is 1.53 bits per heavy atom. The van der Waals surface area contributed by atoms with Crippen LogP contribution in [0.25, 0.3) is 10.9 Å². The molecule has 1 amide bonds. The number of benzene rings is 1. The molecule has 0 aliphatic heterocycles. The normalized spacial score (nSPS) is 10.2. The predicted octanol–water partition coefficient (Wildman–Crippen LogP) is 1.14. The molecule has 1 aromatic carbocycles. The summed E-state index contributed by atoms with van der Waals surface area (Å²) >= 11 is 0. The summed E-state index contributed by atoms with van der Waals surface area (Å²) in [6, 6.07) is 9.74. The third kappa shape index (κ3) is 1.74. The van der Waals surface area contributed by atoms with E-state index in [0.29, 0.717) is 5.52 Å². The molecule has 0 fully saturated rings. The van der Waals surface area contributed by atoms with Crippen molar-refractivity contribution in [3.05, 3.63) is 36.0 Å². The topological polar surface area (TPSA) is 65.2 Å². The maximum Gasteiger partial charge on any atom is 0.267 e. The van der Waals surface area contributed by atoms with Crippen molar-refractivity contribution in [2.24, 2.45) is 5.73 Å². The highest BCUT2D eigenvalue weighted by molar-refractivity contribution is 5.93. The fraction of sp³-hybridized carbons (Fsp3) is 0.0909. The number of nitrogens with zero attached hydrogens (tertiary/aromatic N) is 1. The van der Waals surface area contributed by atoms with Crippen molar-refractivity contribution in [2.45, 2.75) is 0 Å². The average molecular weight is 201 g/mol. The van der Waals surface area contributed by atoms with Gasteiger partial charge in [-0.2, -0.15) is 0 Å².